The van der Waals surface area contributed by atoms with E-state index in [1.165, 1.54) is 16.9 Å². The minimum absolute atomic E-state index is 0.0607. The van der Waals surface area contributed by atoms with Gasteiger partial charge in [-0.05, 0) is 22.9 Å². The molecular weight excluding hydrogens is 404 g/mol. The number of carbonyl (C=O) groups is 1. The second kappa shape index (κ2) is 9.43. The van der Waals surface area contributed by atoms with Gasteiger partial charge in [-0.15, -0.1) is 11.3 Å². The highest BCUT2D eigenvalue weighted by atomic mass is 32.1. The molecular formula is C26H36N2O2S. The highest BCUT2D eigenvalue weighted by Crippen LogP contribution is 2.42. The van der Waals surface area contributed by atoms with Crippen LogP contribution in [-0.4, -0.2) is 55.1 Å². The molecule has 31 heavy (non-hydrogen) atoms. The molecule has 0 spiro atoms. The fraction of sp³-hybridized carbons (Fsp3) is 0.577. The van der Waals surface area contributed by atoms with E-state index in [1.807, 2.05) is 22.4 Å². The number of nitrogens with zero attached hydrogens (tertiary/aromatic N) is 2. The first-order valence-corrected chi connectivity index (χ1v) is 12.7. The topological polar surface area (TPSA) is 43.4 Å². The van der Waals surface area contributed by atoms with Crippen molar-refractivity contribution in [1.29, 1.82) is 0 Å². The number of rotatable bonds is 7. The summed E-state index contributed by atoms with van der Waals surface area (Å²) in [5, 5.41) is 16.1. The van der Waals surface area contributed by atoms with Crippen molar-refractivity contribution < 1.29 is 14.4 Å². The van der Waals surface area contributed by atoms with Crippen LogP contribution >= 0.6 is 11.3 Å². The van der Waals surface area contributed by atoms with Crippen LogP contribution < -0.4 is 5.11 Å². The van der Waals surface area contributed by atoms with E-state index in [9.17, 15) is 9.90 Å². The molecule has 0 radical (unpaired) electrons. The van der Waals surface area contributed by atoms with Crippen molar-refractivity contribution >= 4 is 17.2 Å². The van der Waals surface area contributed by atoms with Crippen molar-refractivity contribution in [3.8, 4) is 0 Å². The van der Waals surface area contributed by atoms with Crippen molar-refractivity contribution in [3.05, 3.63) is 58.3 Å². The second-order valence-electron chi connectivity index (χ2n) is 9.96. The summed E-state index contributed by atoms with van der Waals surface area (Å²) in [7, 11) is 4.63. The fourth-order valence-electron chi connectivity index (χ4n) is 5.55. The van der Waals surface area contributed by atoms with Gasteiger partial charge in [0.25, 0.3) is 0 Å². The maximum Gasteiger partial charge on any atom is 0.217 e. The van der Waals surface area contributed by atoms with Gasteiger partial charge < -0.3 is 14.5 Å². The molecule has 1 unspecified atom stereocenters. The number of thiophene rings is 1. The fourth-order valence-corrected chi connectivity index (χ4v) is 6.44. The summed E-state index contributed by atoms with van der Waals surface area (Å²) in [6, 6.07) is 15.0. The van der Waals surface area contributed by atoms with Crippen LogP contribution in [0.1, 0.15) is 49.0 Å². The largest absolute Gasteiger partial charge is 0.838 e. The lowest BCUT2D eigenvalue weighted by molar-refractivity contribution is -0.916. The van der Waals surface area contributed by atoms with Gasteiger partial charge in [-0.2, -0.15) is 0 Å². The van der Waals surface area contributed by atoms with E-state index < -0.39 is 5.60 Å². The van der Waals surface area contributed by atoms with Gasteiger partial charge in [0.2, 0.25) is 5.91 Å². The molecule has 5 heteroatoms. The average molecular weight is 441 g/mol. The Morgan fingerprint density at radius 2 is 1.74 bits per heavy atom. The Morgan fingerprint density at radius 3 is 2.35 bits per heavy atom. The first-order valence-electron chi connectivity index (χ1n) is 11.8. The van der Waals surface area contributed by atoms with Crippen LogP contribution in [0.3, 0.4) is 0 Å². The highest BCUT2D eigenvalue weighted by Gasteiger charge is 2.43. The number of benzene rings is 1. The molecule has 168 valence electrons. The summed E-state index contributed by atoms with van der Waals surface area (Å²) in [5.74, 6) is -0.232. The van der Waals surface area contributed by atoms with E-state index in [2.05, 4.69) is 44.4 Å². The molecule has 2 aliphatic rings. The van der Waals surface area contributed by atoms with Crippen LogP contribution in [0.2, 0.25) is 0 Å². The van der Waals surface area contributed by atoms with Gasteiger partial charge in [-0.1, -0.05) is 62.1 Å². The van der Waals surface area contributed by atoms with Crippen molar-refractivity contribution in [2.45, 2.75) is 56.6 Å². The van der Waals surface area contributed by atoms with Gasteiger partial charge in [0.15, 0.2) is 0 Å². The molecule has 2 fully saturated rings. The molecule has 2 aromatic rings. The molecule has 0 bridgehead atoms. The van der Waals surface area contributed by atoms with E-state index in [0.29, 0.717) is 24.0 Å². The normalized spacial score (nSPS) is 20.7. The number of hydrogen-bond acceptors (Lipinski definition) is 3. The van der Waals surface area contributed by atoms with Crippen molar-refractivity contribution in [2.75, 3.05) is 33.7 Å². The minimum atomic E-state index is -1.59. The van der Waals surface area contributed by atoms with Crippen LogP contribution in [0.15, 0.2) is 47.8 Å². The van der Waals surface area contributed by atoms with Gasteiger partial charge in [-0.3, -0.25) is 4.79 Å². The van der Waals surface area contributed by atoms with E-state index in [-0.39, 0.29) is 11.8 Å². The number of piperidine rings is 1. The average Bonchev–Trinajstić information content (AvgIpc) is 3.53. The first kappa shape index (κ1) is 22.5. The summed E-state index contributed by atoms with van der Waals surface area (Å²) < 4.78 is 0.965. The number of hydrogen-bond donors (Lipinski definition) is 0. The molecule has 1 amide bonds. The first-order chi connectivity index (χ1) is 14.9. The number of likely N-dealkylation sites (tertiary alicyclic amines) is 1. The van der Waals surface area contributed by atoms with Crippen LogP contribution in [-0.2, 0) is 16.8 Å². The second-order valence-corrected chi connectivity index (χ2v) is 10.9. The van der Waals surface area contributed by atoms with Crippen molar-refractivity contribution in [1.82, 2.24) is 4.90 Å². The summed E-state index contributed by atoms with van der Waals surface area (Å²) in [5.41, 5.74) is -0.209. The third-order valence-corrected chi connectivity index (χ3v) is 8.68. The minimum Gasteiger partial charge on any atom is -0.838 e. The standard InChI is InChI=1S/C26H36N2O2S/c1-28(2,19-16-21-9-4-3-5-10-21)23-14-17-27(18-15-23)25(29)26(30,22-11-6-7-12-22)24-13-8-20-31-24/h3-5,8-10,13,20,22-23H,6-7,11-12,14-19H2,1-2H3. The van der Waals surface area contributed by atoms with Gasteiger partial charge in [0, 0.05) is 42.8 Å². The number of amides is 1. The molecule has 1 atom stereocenters. The molecule has 4 rings (SSSR count). The lowest BCUT2D eigenvalue weighted by Crippen LogP contribution is -2.62. The van der Waals surface area contributed by atoms with Crippen molar-refractivity contribution in [3.63, 3.8) is 0 Å². The quantitative estimate of drug-likeness (QED) is 0.615. The summed E-state index contributed by atoms with van der Waals surface area (Å²) in [4.78, 5) is 16.2. The predicted molar refractivity (Wildman–Crippen MR) is 125 cm³/mol. The predicted octanol–water partition coefficient (Wildman–Crippen LogP) is 3.80. The van der Waals surface area contributed by atoms with E-state index in [4.69, 9.17) is 0 Å². The Morgan fingerprint density at radius 1 is 1.06 bits per heavy atom. The SMILES string of the molecule is C[N+](C)(CCc1ccccc1)C1CCN(C(=O)C([O-])(c2cccs2)C2CCCC2)CC1. The lowest BCUT2D eigenvalue weighted by Gasteiger charge is -2.49. The highest BCUT2D eigenvalue weighted by molar-refractivity contribution is 7.10. The molecule has 0 N–H and O–H groups in total. The Hall–Kier alpha value is -1.69. The Bertz CT molecular complexity index is 838. The maximum absolute atomic E-state index is 14.1. The zero-order valence-electron chi connectivity index (χ0n) is 19.0. The Balaban J connectivity index is 1.39. The van der Waals surface area contributed by atoms with Crippen LogP contribution in [0.4, 0.5) is 0 Å². The lowest BCUT2D eigenvalue weighted by atomic mass is 9.82. The number of carbonyl (C=O) groups excluding carboxylic acids is 1. The van der Waals surface area contributed by atoms with Crippen molar-refractivity contribution in [2.24, 2.45) is 5.92 Å². The maximum atomic E-state index is 14.1. The van der Waals surface area contributed by atoms with E-state index in [1.54, 1.807) is 0 Å². The molecule has 1 saturated heterocycles. The Kier molecular flexibility index (Phi) is 6.85. The molecule has 1 saturated carbocycles. The van der Waals surface area contributed by atoms with E-state index >= 15 is 0 Å². The monoisotopic (exact) mass is 440 g/mol. The van der Waals surface area contributed by atoms with Gasteiger partial charge >= 0.3 is 0 Å². The van der Waals surface area contributed by atoms with Crippen LogP contribution in [0, 0.1) is 5.92 Å². The molecule has 4 nitrogen and oxygen atoms in total. The van der Waals surface area contributed by atoms with Gasteiger partial charge in [0.05, 0.1) is 26.7 Å². The summed E-state index contributed by atoms with van der Waals surface area (Å²) in [6.45, 7) is 2.50. The molecule has 1 aliphatic carbocycles. The zero-order valence-corrected chi connectivity index (χ0v) is 19.8. The van der Waals surface area contributed by atoms with Gasteiger partial charge in [-0.25, -0.2) is 0 Å². The number of likely N-dealkylation sites (N-methyl/N-ethyl adjacent to an activating group) is 1. The van der Waals surface area contributed by atoms with Gasteiger partial charge in [0.1, 0.15) is 0 Å². The molecule has 1 aromatic carbocycles. The number of quaternary nitrogens is 1. The molecule has 2 heterocycles. The smallest absolute Gasteiger partial charge is 0.217 e. The molecule has 1 aliphatic heterocycles. The van der Waals surface area contributed by atoms with Crippen LogP contribution in [0.25, 0.3) is 0 Å². The Labute approximate surface area is 191 Å². The zero-order chi connectivity index (χ0) is 21.9. The third-order valence-electron chi connectivity index (χ3n) is 7.69. The third kappa shape index (κ3) is 4.74. The van der Waals surface area contributed by atoms with E-state index in [0.717, 1.165) is 56.0 Å². The summed E-state index contributed by atoms with van der Waals surface area (Å²) in [6.07, 6.45) is 6.92. The van der Waals surface area contributed by atoms with Crippen LogP contribution in [0.5, 0.6) is 0 Å². The molecule has 1 aromatic heterocycles. The summed E-state index contributed by atoms with van der Waals surface area (Å²) >= 11 is 1.46.